The number of fused-ring (bicyclic) bond motifs is 1. The summed E-state index contributed by atoms with van der Waals surface area (Å²) in [6.45, 7) is 1.85. The van der Waals surface area contributed by atoms with Crippen molar-refractivity contribution in [2.75, 3.05) is 17.6 Å². The lowest BCUT2D eigenvalue weighted by atomic mass is 10.0. The van der Waals surface area contributed by atoms with Gasteiger partial charge in [0.05, 0.1) is 34.8 Å². The number of rotatable bonds is 8. The summed E-state index contributed by atoms with van der Waals surface area (Å²) in [4.78, 5) is 11.7. The first kappa shape index (κ1) is 24.4. The number of hydrogen-bond acceptors (Lipinski definition) is 8. The summed E-state index contributed by atoms with van der Waals surface area (Å²) >= 11 is 0. The Hall–Kier alpha value is -3.22. The molecule has 2 N–H and O–H groups in total. The van der Waals surface area contributed by atoms with Crippen LogP contribution in [0.3, 0.4) is 0 Å². The molecule has 0 saturated heterocycles. The van der Waals surface area contributed by atoms with Crippen LogP contribution in [0, 0.1) is 0 Å². The quantitative estimate of drug-likeness (QED) is 0.329. The Morgan fingerprint density at radius 1 is 1.09 bits per heavy atom. The molecule has 0 heterocycles. The number of sulfonamides is 1. The van der Waals surface area contributed by atoms with E-state index < -0.39 is 25.0 Å². The highest BCUT2D eigenvalue weighted by Crippen LogP contribution is 2.42. The van der Waals surface area contributed by atoms with Crippen molar-refractivity contribution in [1.82, 2.24) is 0 Å². The SMILES string of the molecule is CCOc1c(C(=O)O)cc(N=Nc2cccc(S(=O)(=O)Cl)c2)c2c(NS(C)(=O)=O)cccc12. The Bertz CT molecular complexity index is 1490. The minimum absolute atomic E-state index is 0.0248. The van der Waals surface area contributed by atoms with Crippen LogP contribution >= 0.6 is 10.7 Å². The average molecular weight is 512 g/mol. The Morgan fingerprint density at radius 2 is 1.79 bits per heavy atom. The number of halogens is 1. The largest absolute Gasteiger partial charge is 0.492 e. The van der Waals surface area contributed by atoms with E-state index in [1.54, 1.807) is 19.1 Å². The minimum atomic E-state index is -4.00. The van der Waals surface area contributed by atoms with Gasteiger partial charge in [0.2, 0.25) is 10.0 Å². The third kappa shape index (κ3) is 5.78. The predicted octanol–water partition coefficient (Wildman–Crippen LogP) is 4.65. The van der Waals surface area contributed by atoms with Crippen LogP contribution in [0.2, 0.25) is 0 Å². The highest BCUT2D eigenvalue weighted by molar-refractivity contribution is 8.13. The first-order chi connectivity index (χ1) is 15.4. The smallest absolute Gasteiger partial charge is 0.339 e. The molecule has 3 aromatic carbocycles. The molecule has 0 bridgehead atoms. The van der Waals surface area contributed by atoms with Gasteiger partial charge in [-0.1, -0.05) is 18.2 Å². The molecule has 13 heteroatoms. The Morgan fingerprint density at radius 3 is 2.39 bits per heavy atom. The second kappa shape index (κ2) is 9.33. The number of carboxylic acid groups (broad SMARTS) is 1. The molecule has 3 rings (SSSR count). The second-order valence-corrected chi connectivity index (χ2v) is 11.1. The van der Waals surface area contributed by atoms with Crippen molar-refractivity contribution < 1.29 is 31.5 Å². The van der Waals surface area contributed by atoms with Gasteiger partial charge in [-0.05, 0) is 37.3 Å². The molecule has 0 unspecified atom stereocenters. The van der Waals surface area contributed by atoms with Gasteiger partial charge in [0.15, 0.2) is 0 Å². The molecule has 0 atom stereocenters. The van der Waals surface area contributed by atoms with Crippen LogP contribution in [0.5, 0.6) is 5.75 Å². The fraction of sp³-hybridized carbons (Fsp3) is 0.150. The van der Waals surface area contributed by atoms with Gasteiger partial charge >= 0.3 is 5.97 Å². The van der Waals surface area contributed by atoms with Gasteiger partial charge in [-0.25, -0.2) is 21.6 Å². The Labute approximate surface area is 194 Å². The maximum atomic E-state index is 11.9. The summed E-state index contributed by atoms with van der Waals surface area (Å²) in [6.07, 6.45) is 0.972. The fourth-order valence-electron chi connectivity index (χ4n) is 3.07. The number of anilines is 1. The van der Waals surface area contributed by atoms with E-state index in [0.717, 1.165) is 6.26 Å². The zero-order valence-electron chi connectivity index (χ0n) is 17.3. The third-order valence-corrected chi connectivity index (χ3v) is 6.22. The lowest BCUT2D eigenvalue weighted by molar-refractivity contribution is 0.0693. The maximum Gasteiger partial charge on any atom is 0.339 e. The van der Waals surface area contributed by atoms with E-state index in [2.05, 4.69) is 15.0 Å². The fourth-order valence-corrected chi connectivity index (χ4v) is 4.43. The van der Waals surface area contributed by atoms with Crippen molar-refractivity contribution in [3.05, 3.63) is 54.1 Å². The first-order valence-electron chi connectivity index (χ1n) is 9.31. The molecule has 174 valence electrons. The zero-order chi connectivity index (χ0) is 24.4. The standard InChI is InChI=1S/C20H18ClN3O7S2/c1-3-31-19-14-8-5-9-16(24-32(2,27)28)18(14)17(11-15(19)20(25)26)23-22-12-6-4-7-13(10-12)33(21,29)30/h4-11,24H,3H2,1-2H3,(H,25,26). The van der Waals surface area contributed by atoms with Crippen LogP contribution in [0.1, 0.15) is 17.3 Å². The van der Waals surface area contributed by atoms with Crippen molar-refractivity contribution in [3.8, 4) is 5.75 Å². The molecule has 3 aromatic rings. The monoisotopic (exact) mass is 511 g/mol. The number of nitrogens with one attached hydrogen (secondary N) is 1. The molecule has 0 aliphatic carbocycles. The molecule has 33 heavy (non-hydrogen) atoms. The van der Waals surface area contributed by atoms with Crippen molar-refractivity contribution in [3.63, 3.8) is 0 Å². The van der Waals surface area contributed by atoms with Gasteiger partial charge in [0.25, 0.3) is 9.05 Å². The summed E-state index contributed by atoms with van der Waals surface area (Å²) in [5.41, 5.74) is 0.0896. The molecule has 0 saturated carbocycles. The molecule has 0 amide bonds. The van der Waals surface area contributed by atoms with E-state index in [1.807, 2.05) is 0 Å². The van der Waals surface area contributed by atoms with Crippen LogP contribution < -0.4 is 9.46 Å². The molecule has 0 aliphatic heterocycles. The van der Waals surface area contributed by atoms with E-state index in [4.69, 9.17) is 15.4 Å². The summed E-state index contributed by atoms with van der Waals surface area (Å²) in [6, 6.07) is 11.2. The topological polar surface area (TPSA) is 152 Å². The normalized spacial score (nSPS) is 12.2. The summed E-state index contributed by atoms with van der Waals surface area (Å²) in [7, 11) is -2.32. The second-order valence-electron chi connectivity index (χ2n) is 6.75. The van der Waals surface area contributed by atoms with E-state index in [1.165, 1.54) is 36.4 Å². The molecule has 0 aliphatic rings. The highest BCUT2D eigenvalue weighted by atomic mass is 35.7. The van der Waals surface area contributed by atoms with Crippen LogP contribution in [0.4, 0.5) is 17.1 Å². The van der Waals surface area contributed by atoms with Gasteiger partial charge in [0, 0.05) is 21.5 Å². The van der Waals surface area contributed by atoms with Gasteiger partial charge in [-0.15, -0.1) is 5.11 Å². The molecule has 0 radical (unpaired) electrons. The van der Waals surface area contributed by atoms with Crippen LogP contribution in [0.15, 0.2) is 63.7 Å². The van der Waals surface area contributed by atoms with E-state index in [-0.39, 0.29) is 45.3 Å². The first-order valence-corrected chi connectivity index (χ1v) is 13.5. The molecule has 10 nitrogen and oxygen atoms in total. The van der Waals surface area contributed by atoms with Gasteiger partial charge in [0.1, 0.15) is 11.3 Å². The zero-order valence-corrected chi connectivity index (χ0v) is 19.7. The van der Waals surface area contributed by atoms with Crippen molar-refractivity contribution in [1.29, 1.82) is 0 Å². The van der Waals surface area contributed by atoms with Crippen LogP contribution in [-0.4, -0.2) is 40.8 Å². The van der Waals surface area contributed by atoms with Gasteiger partial charge in [-0.2, -0.15) is 5.11 Å². The summed E-state index contributed by atoms with van der Waals surface area (Å²) < 4.78 is 54.9. The number of nitrogens with zero attached hydrogens (tertiary/aromatic N) is 2. The molecule has 0 spiro atoms. The van der Waals surface area contributed by atoms with E-state index in [9.17, 15) is 26.7 Å². The minimum Gasteiger partial charge on any atom is -0.492 e. The number of aromatic carboxylic acids is 1. The Balaban J connectivity index is 2.30. The van der Waals surface area contributed by atoms with Gasteiger partial charge in [-0.3, -0.25) is 4.72 Å². The number of ether oxygens (including phenoxy) is 1. The summed E-state index contributed by atoms with van der Waals surface area (Å²) in [5, 5.41) is 18.4. The lowest BCUT2D eigenvalue weighted by Crippen LogP contribution is -2.10. The number of azo groups is 1. The lowest BCUT2D eigenvalue weighted by Gasteiger charge is -2.15. The summed E-state index contributed by atoms with van der Waals surface area (Å²) in [5.74, 6) is -1.24. The molecular weight excluding hydrogens is 494 g/mol. The average Bonchev–Trinajstić information content (AvgIpc) is 2.71. The number of benzene rings is 3. The third-order valence-electron chi connectivity index (χ3n) is 4.28. The molecule has 0 fully saturated rings. The highest BCUT2D eigenvalue weighted by Gasteiger charge is 2.21. The molecular formula is C20H18ClN3O7S2. The Kier molecular flexibility index (Phi) is 6.91. The van der Waals surface area contributed by atoms with E-state index >= 15 is 0 Å². The number of carbonyl (C=O) groups is 1. The van der Waals surface area contributed by atoms with Crippen molar-refractivity contribution in [2.45, 2.75) is 11.8 Å². The van der Waals surface area contributed by atoms with Crippen molar-refractivity contribution in [2.24, 2.45) is 10.2 Å². The number of hydrogen-bond donors (Lipinski definition) is 2. The van der Waals surface area contributed by atoms with E-state index in [0.29, 0.717) is 5.39 Å². The maximum absolute atomic E-state index is 11.9. The van der Waals surface area contributed by atoms with Crippen molar-refractivity contribution >= 4 is 63.6 Å². The van der Waals surface area contributed by atoms with Crippen LogP contribution in [0.25, 0.3) is 10.8 Å². The predicted molar refractivity (Wildman–Crippen MR) is 124 cm³/mol. The number of carboxylic acids is 1. The van der Waals surface area contributed by atoms with Gasteiger partial charge < -0.3 is 9.84 Å². The van der Waals surface area contributed by atoms with Crippen LogP contribution in [-0.2, 0) is 19.1 Å². The molecule has 0 aromatic heterocycles.